The number of hydrogen-bond donors (Lipinski definition) is 2. The Morgan fingerprint density at radius 3 is 1.84 bits per heavy atom. The number of carbonyl (C=O) groups is 2. The van der Waals surface area contributed by atoms with Gasteiger partial charge in [-0.2, -0.15) is 26.3 Å². The Morgan fingerprint density at radius 1 is 0.906 bits per heavy atom. The highest BCUT2D eigenvalue weighted by Crippen LogP contribution is 2.36. The van der Waals surface area contributed by atoms with Gasteiger partial charge in [-0.25, -0.2) is 13.2 Å². The highest BCUT2D eigenvalue weighted by atomic mass is 32.2. The van der Waals surface area contributed by atoms with E-state index in [1.54, 1.807) is 11.4 Å². The smallest absolute Gasteiger partial charge is 0.416 e. The summed E-state index contributed by atoms with van der Waals surface area (Å²) in [7, 11) is -3.95. The van der Waals surface area contributed by atoms with Crippen molar-refractivity contribution in [2.24, 2.45) is 0 Å². The van der Waals surface area contributed by atoms with Crippen molar-refractivity contribution in [2.75, 3.05) is 5.75 Å². The highest BCUT2D eigenvalue weighted by Gasteiger charge is 2.38. The van der Waals surface area contributed by atoms with E-state index in [4.69, 9.17) is 0 Å². The zero-order valence-corrected chi connectivity index (χ0v) is 16.7. The Hall–Kier alpha value is -3.09. The number of hydrogen-bond acceptors (Lipinski definition) is 4. The molecule has 2 N–H and O–H groups in total. The summed E-state index contributed by atoms with van der Waals surface area (Å²) in [4.78, 5) is 23.5. The second-order valence-electron chi connectivity index (χ2n) is 6.58. The molecule has 2 rings (SSSR count). The molecule has 13 heteroatoms. The molecule has 1 amide bonds. The van der Waals surface area contributed by atoms with Crippen LogP contribution in [0, 0.1) is 0 Å². The molecule has 0 fully saturated rings. The van der Waals surface area contributed by atoms with Crippen molar-refractivity contribution in [1.82, 2.24) is 5.32 Å². The molecule has 0 saturated carbocycles. The number of carboxylic acids is 1. The minimum atomic E-state index is -5.20. The number of rotatable bonds is 7. The molecule has 0 unspecified atom stereocenters. The average molecular weight is 483 g/mol. The molecule has 2 aromatic rings. The molecule has 0 aliphatic rings. The molecule has 1 atom stereocenters. The monoisotopic (exact) mass is 483 g/mol. The molecule has 0 aliphatic carbocycles. The number of benzene rings is 2. The Balaban J connectivity index is 2.27. The van der Waals surface area contributed by atoms with Crippen LogP contribution in [0.3, 0.4) is 0 Å². The van der Waals surface area contributed by atoms with Gasteiger partial charge in [-0.15, -0.1) is 0 Å². The third-order valence-electron chi connectivity index (χ3n) is 4.23. The highest BCUT2D eigenvalue weighted by molar-refractivity contribution is 7.91. The molecule has 0 bridgehead atoms. The number of carboxylic acid groups (broad SMARTS) is 1. The minimum Gasteiger partial charge on any atom is -0.480 e. The number of halogens is 6. The van der Waals surface area contributed by atoms with Crippen LogP contribution >= 0.6 is 0 Å². The van der Waals surface area contributed by atoms with Crippen molar-refractivity contribution in [2.45, 2.75) is 29.7 Å². The van der Waals surface area contributed by atoms with Crippen molar-refractivity contribution in [3.05, 3.63) is 65.2 Å². The van der Waals surface area contributed by atoms with Gasteiger partial charge in [0.25, 0.3) is 5.91 Å². The Bertz CT molecular complexity index is 1070. The summed E-state index contributed by atoms with van der Waals surface area (Å²) in [6, 6.07) is 5.13. The topological polar surface area (TPSA) is 101 Å². The number of alkyl halides is 6. The number of carbonyl (C=O) groups excluding carboxylic acids is 1. The standard InChI is InChI=1S/C19H15F6NO5S/c20-18(21,22)12-8-11(9-13(10-12)19(23,24)25)16(27)26-15(17(28)29)6-7-32(30,31)14-4-2-1-3-5-14/h1-5,8-10,15H,6-7H2,(H,26,27)(H,28,29)/t15-/m0/s1. The van der Waals surface area contributed by atoms with Gasteiger partial charge in [0.2, 0.25) is 0 Å². The molecule has 0 radical (unpaired) electrons. The van der Waals surface area contributed by atoms with Gasteiger partial charge in [0.1, 0.15) is 6.04 Å². The van der Waals surface area contributed by atoms with Crippen LogP contribution in [0.25, 0.3) is 0 Å². The predicted octanol–water partition coefficient (Wildman–Crippen LogP) is 3.77. The van der Waals surface area contributed by atoms with Gasteiger partial charge in [-0.1, -0.05) is 18.2 Å². The van der Waals surface area contributed by atoms with E-state index >= 15 is 0 Å². The lowest BCUT2D eigenvalue weighted by molar-refractivity contribution is -0.143. The van der Waals surface area contributed by atoms with Gasteiger partial charge >= 0.3 is 18.3 Å². The minimum absolute atomic E-state index is 0.122. The van der Waals surface area contributed by atoms with E-state index < -0.39 is 69.0 Å². The van der Waals surface area contributed by atoms with Crippen molar-refractivity contribution in [3.63, 3.8) is 0 Å². The first kappa shape index (κ1) is 25.2. The van der Waals surface area contributed by atoms with Crippen LogP contribution in [-0.2, 0) is 27.0 Å². The molecular weight excluding hydrogens is 468 g/mol. The lowest BCUT2D eigenvalue weighted by atomic mass is 10.0. The molecular formula is C19H15F6NO5S. The van der Waals surface area contributed by atoms with Crippen molar-refractivity contribution in [3.8, 4) is 0 Å². The molecule has 0 spiro atoms. The SMILES string of the molecule is O=C(N[C@@H](CCS(=O)(=O)c1ccccc1)C(=O)O)c1cc(C(F)(F)F)cc(C(F)(F)F)c1. The van der Waals surface area contributed by atoms with Gasteiger partial charge in [-0.05, 0) is 36.8 Å². The first-order chi connectivity index (χ1) is 14.6. The fourth-order valence-corrected chi connectivity index (χ4v) is 3.96. The van der Waals surface area contributed by atoms with Crippen LogP contribution in [0.4, 0.5) is 26.3 Å². The summed E-state index contributed by atoms with van der Waals surface area (Å²) in [5.41, 5.74) is -4.59. The van der Waals surface area contributed by atoms with Crippen LogP contribution in [0.15, 0.2) is 53.4 Å². The van der Waals surface area contributed by atoms with E-state index in [-0.39, 0.29) is 23.1 Å². The Kier molecular flexibility index (Phi) is 7.23. The van der Waals surface area contributed by atoms with Crippen molar-refractivity contribution >= 4 is 21.7 Å². The quantitative estimate of drug-likeness (QED) is 0.584. The van der Waals surface area contributed by atoms with Crippen LogP contribution in [0.5, 0.6) is 0 Å². The number of aliphatic carboxylic acids is 1. The van der Waals surface area contributed by atoms with Gasteiger partial charge in [0.05, 0.1) is 21.8 Å². The van der Waals surface area contributed by atoms with E-state index in [0.29, 0.717) is 0 Å². The lowest BCUT2D eigenvalue weighted by Gasteiger charge is -2.17. The first-order valence-electron chi connectivity index (χ1n) is 8.72. The van der Waals surface area contributed by atoms with E-state index in [9.17, 15) is 49.5 Å². The maximum atomic E-state index is 12.9. The Labute approximate surface area is 177 Å². The van der Waals surface area contributed by atoms with Gasteiger partial charge in [-0.3, -0.25) is 4.79 Å². The summed E-state index contributed by atoms with van der Waals surface area (Å²) >= 11 is 0. The van der Waals surface area contributed by atoms with E-state index in [1.165, 1.54) is 24.3 Å². The summed E-state index contributed by atoms with van der Waals surface area (Å²) in [6.07, 6.45) is -11.1. The fraction of sp³-hybridized carbons (Fsp3) is 0.263. The van der Waals surface area contributed by atoms with Gasteiger partial charge in [0.15, 0.2) is 9.84 Å². The van der Waals surface area contributed by atoms with Crippen LogP contribution in [0.2, 0.25) is 0 Å². The second kappa shape index (κ2) is 9.18. The summed E-state index contributed by atoms with van der Waals surface area (Å²) in [6.45, 7) is 0. The lowest BCUT2D eigenvalue weighted by Crippen LogP contribution is -2.42. The third kappa shape index (κ3) is 6.45. The largest absolute Gasteiger partial charge is 0.480 e. The molecule has 32 heavy (non-hydrogen) atoms. The zero-order chi connectivity index (χ0) is 24.3. The van der Waals surface area contributed by atoms with Crippen LogP contribution < -0.4 is 5.32 Å². The molecule has 0 aliphatic heterocycles. The predicted molar refractivity (Wildman–Crippen MR) is 98.4 cm³/mol. The molecule has 174 valence electrons. The normalized spacial score (nSPS) is 13.4. The van der Waals surface area contributed by atoms with Crippen molar-refractivity contribution < 1.29 is 49.5 Å². The average Bonchev–Trinajstić information content (AvgIpc) is 2.69. The summed E-state index contributed by atoms with van der Waals surface area (Å²) in [5.74, 6) is -4.00. The van der Waals surface area contributed by atoms with Gasteiger partial charge < -0.3 is 10.4 Å². The molecule has 2 aromatic carbocycles. The van der Waals surface area contributed by atoms with Crippen LogP contribution in [0.1, 0.15) is 27.9 Å². The van der Waals surface area contributed by atoms with E-state index in [1.807, 2.05) is 0 Å². The maximum Gasteiger partial charge on any atom is 0.416 e. The fourth-order valence-electron chi connectivity index (χ4n) is 2.60. The number of nitrogens with one attached hydrogen (secondary N) is 1. The van der Waals surface area contributed by atoms with Crippen molar-refractivity contribution in [1.29, 1.82) is 0 Å². The number of amides is 1. The van der Waals surface area contributed by atoms with E-state index in [0.717, 1.165) is 0 Å². The zero-order valence-electron chi connectivity index (χ0n) is 15.9. The third-order valence-corrected chi connectivity index (χ3v) is 5.99. The van der Waals surface area contributed by atoms with E-state index in [2.05, 4.69) is 0 Å². The molecule has 0 saturated heterocycles. The molecule has 0 heterocycles. The maximum absolute atomic E-state index is 12.9. The Morgan fingerprint density at radius 2 is 1.41 bits per heavy atom. The summed E-state index contributed by atoms with van der Waals surface area (Å²) in [5, 5.41) is 11.0. The number of sulfone groups is 1. The second-order valence-corrected chi connectivity index (χ2v) is 8.69. The molecule has 0 aromatic heterocycles. The molecule has 6 nitrogen and oxygen atoms in total. The van der Waals surface area contributed by atoms with Gasteiger partial charge in [0, 0.05) is 5.56 Å². The first-order valence-corrected chi connectivity index (χ1v) is 10.4. The van der Waals surface area contributed by atoms with Crippen LogP contribution in [-0.4, -0.2) is 37.2 Å². The summed E-state index contributed by atoms with van der Waals surface area (Å²) < 4.78 is 102.